The Labute approximate surface area is 122 Å². The Morgan fingerprint density at radius 2 is 1.60 bits per heavy atom. The van der Waals surface area contributed by atoms with E-state index >= 15 is 0 Å². The van der Waals surface area contributed by atoms with Crippen molar-refractivity contribution in [1.29, 1.82) is 0 Å². The van der Waals surface area contributed by atoms with E-state index in [1.807, 2.05) is 12.1 Å². The van der Waals surface area contributed by atoms with Gasteiger partial charge >= 0.3 is 0 Å². The second kappa shape index (κ2) is 7.55. The van der Waals surface area contributed by atoms with Gasteiger partial charge in [-0.25, -0.2) is 0 Å². The standard InChI is InChI=1S/C17H26N2O/c1-3-9-18-10-12-19(13-11-18)14-17(20)16-7-5-15(4-2)6-8-16/h5-8H,3-4,9-14H2,1-2H3. The van der Waals surface area contributed by atoms with Crippen molar-refractivity contribution in [2.45, 2.75) is 26.7 Å². The average molecular weight is 274 g/mol. The van der Waals surface area contributed by atoms with Gasteiger partial charge in [0, 0.05) is 31.7 Å². The van der Waals surface area contributed by atoms with Crippen molar-refractivity contribution >= 4 is 5.78 Å². The van der Waals surface area contributed by atoms with Gasteiger partial charge in [-0.15, -0.1) is 0 Å². The Balaban J connectivity index is 1.82. The van der Waals surface area contributed by atoms with Crippen molar-refractivity contribution in [3.63, 3.8) is 0 Å². The SMILES string of the molecule is CCCN1CCN(CC(=O)c2ccc(CC)cc2)CC1. The largest absolute Gasteiger partial charge is 0.301 e. The minimum Gasteiger partial charge on any atom is -0.301 e. The maximum Gasteiger partial charge on any atom is 0.176 e. The minimum absolute atomic E-state index is 0.247. The van der Waals surface area contributed by atoms with Gasteiger partial charge in [0.1, 0.15) is 0 Å². The maximum absolute atomic E-state index is 12.3. The number of piperazine rings is 1. The lowest BCUT2D eigenvalue weighted by Crippen LogP contribution is -2.47. The number of carbonyl (C=O) groups is 1. The molecule has 0 spiro atoms. The van der Waals surface area contributed by atoms with Gasteiger partial charge in [-0.1, -0.05) is 38.1 Å². The molecule has 3 heteroatoms. The van der Waals surface area contributed by atoms with E-state index in [1.54, 1.807) is 0 Å². The topological polar surface area (TPSA) is 23.6 Å². The van der Waals surface area contributed by atoms with Crippen LogP contribution in [0.15, 0.2) is 24.3 Å². The summed E-state index contributed by atoms with van der Waals surface area (Å²) in [6.07, 6.45) is 2.23. The summed E-state index contributed by atoms with van der Waals surface area (Å²) >= 11 is 0. The van der Waals surface area contributed by atoms with E-state index in [1.165, 1.54) is 18.5 Å². The number of Topliss-reactive ketones (excluding diaryl/α,β-unsaturated/α-hetero) is 1. The molecular formula is C17H26N2O. The molecule has 1 heterocycles. The van der Waals surface area contributed by atoms with Crippen molar-refractivity contribution < 1.29 is 4.79 Å². The van der Waals surface area contributed by atoms with Crippen LogP contribution in [-0.4, -0.2) is 54.9 Å². The molecule has 1 fully saturated rings. The molecule has 1 aromatic carbocycles. The Bertz CT molecular complexity index is 419. The zero-order chi connectivity index (χ0) is 14.4. The summed E-state index contributed by atoms with van der Waals surface area (Å²) in [5.41, 5.74) is 2.13. The van der Waals surface area contributed by atoms with Gasteiger partial charge in [-0.3, -0.25) is 9.69 Å². The summed E-state index contributed by atoms with van der Waals surface area (Å²) in [5.74, 6) is 0.247. The lowest BCUT2D eigenvalue weighted by Gasteiger charge is -2.34. The van der Waals surface area contributed by atoms with Crippen molar-refractivity contribution in [2.75, 3.05) is 39.3 Å². The van der Waals surface area contributed by atoms with Crippen LogP contribution in [0.5, 0.6) is 0 Å². The van der Waals surface area contributed by atoms with Crippen LogP contribution in [0.2, 0.25) is 0 Å². The van der Waals surface area contributed by atoms with Crippen LogP contribution < -0.4 is 0 Å². The summed E-state index contributed by atoms with van der Waals surface area (Å²) in [6, 6.07) is 8.06. The van der Waals surface area contributed by atoms with Crippen LogP contribution in [0.25, 0.3) is 0 Å². The highest BCUT2D eigenvalue weighted by atomic mass is 16.1. The second-order valence-electron chi connectivity index (χ2n) is 5.59. The Morgan fingerprint density at radius 3 is 2.15 bits per heavy atom. The lowest BCUT2D eigenvalue weighted by molar-refractivity contribution is 0.0853. The molecule has 0 N–H and O–H groups in total. The number of hydrogen-bond donors (Lipinski definition) is 0. The molecular weight excluding hydrogens is 248 g/mol. The molecule has 110 valence electrons. The number of carbonyl (C=O) groups excluding carboxylic acids is 1. The fourth-order valence-electron chi connectivity index (χ4n) is 2.71. The van der Waals surface area contributed by atoms with Crippen LogP contribution in [0, 0.1) is 0 Å². The Kier molecular flexibility index (Phi) is 5.74. The molecule has 0 aliphatic carbocycles. The number of benzene rings is 1. The summed E-state index contributed by atoms with van der Waals surface area (Å²) in [7, 11) is 0. The number of nitrogens with zero attached hydrogens (tertiary/aromatic N) is 2. The Morgan fingerprint density at radius 1 is 1.00 bits per heavy atom. The Hall–Kier alpha value is -1.19. The molecule has 0 atom stereocenters. The van der Waals surface area contributed by atoms with Gasteiger partial charge in [0.25, 0.3) is 0 Å². The zero-order valence-corrected chi connectivity index (χ0v) is 12.8. The van der Waals surface area contributed by atoms with Crippen molar-refractivity contribution in [3.8, 4) is 0 Å². The normalized spacial score (nSPS) is 17.3. The summed E-state index contributed by atoms with van der Waals surface area (Å²) in [6.45, 7) is 10.3. The predicted molar refractivity (Wildman–Crippen MR) is 83.3 cm³/mol. The monoisotopic (exact) mass is 274 g/mol. The van der Waals surface area contributed by atoms with Crippen LogP contribution in [0.1, 0.15) is 36.2 Å². The molecule has 0 saturated carbocycles. The lowest BCUT2D eigenvalue weighted by atomic mass is 10.1. The molecule has 2 rings (SSSR count). The first kappa shape index (κ1) is 15.2. The number of hydrogen-bond acceptors (Lipinski definition) is 3. The first-order valence-electron chi connectivity index (χ1n) is 7.79. The fraction of sp³-hybridized carbons (Fsp3) is 0.588. The average Bonchev–Trinajstić information content (AvgIpc) is 2.49. The van der Waals surface area contributed by atoms with E-state index in [2.05, 4.69) is 35.8 Å². The molecule has 20 heavy (non-hydrogen) atoms. The third-order valence-corrected chi connectivity index (χ3v) is 4.06. The van der Waals surface area contributed by atoms with Gasteiger partial charge in [-0.05, 0) is 24.9 Å². The van der Waals surface area contributed by atoms with E-state index < -0.39 is 0 Å². The molecule has 0 bridgehead atoms. The highest BCUT2D eigenvalue weighted by molar-refractivity contribution is 5.97. The van der Waals surface area contributed by atoms with Crippen molar-refractivity contribution in [3.05, 3.63) is 35.4 Å². The molecule has 0 amide bonds. The van der Waals surface area contributed by atoms with E-state index in [9.17, 15) is 4.79 Å². The predicted octanol–water partition coefficient (Wildman–Crippen LogP) is 2.46. The van der Waals surface area contributed by atoms with E-state index in [0.717, 1.165) is 38.2 Å². The van der Waals surface area contributed by atoms with Crippen LogP contribution in [0.3, 0.4) is 0 Å². The van der Waals surface area contributed by atoms with Gasteiger partial charge in [0.05, 0.1) is 6.54 Å². The second-order valence-corrected chi connectivity index (χ2v) is 5.59. The van der Waals surface area contributed by atoms with Crippen molar-refractivity contribution in [1.82, 2.24) is 9.80 Å². The fourth-order valence-corrected chi connectivity index (χ4v) is 2.71. The molecule has 1 aliphatic rings. The molecule has 3 nitrogen and oxygen atoms in total. The van der Waals surface area contributed by atoms with E-state index in [0.29, 0.717) is 6.54 Å². The first-order valence-corrected chi connectivity index (χ1v) is 7.79. The van der Waals surface area contributed by atoms with Gasteiger partial charge in [-0.2, -0.15) is 0 Å². The third kappa shape index (κ3) is 4.15. The molecule has 1 aromatic rings. The number of ketones is 1. The van der Waals surface area contributed by atoms with Crippen LogP contribution in [0.4, 0.5) is 0 Å². The third-order valence-electron chi connectivity index (χ3n) is 4.06. The number of aryl methyl sites for hydroxylation is 1. The van der Waals surface area contributed by atoms with E-state index in [4.69, 9.17) is 0 Å². The van der Waals surface area contributed by atoms with Crippen LogP contribution >= 0.6 is 0 Å². The van der Waals surface area contributed by atoms with E-state index in [-0.39, 0.29) is 5.78 Å². The first-order chi connectivity index (χ1) is 9.72. The molecule has 0 radical (unpaired) electrons. The smallest absolute Gasteiger partial charge is 0.176 e. The summed E-state index contributed by atoms with van der Waals surface area (Å²) in [4.78, 5) is 17.0. The highest BCUT2D eigenvalue weighted by Crippen LogP contribution is 2.08. The van der Waals surface area contributed by atoms with Gasteiger partial charge < -0.3 is 4.90 Å². The molecule has 1 saturated heterocycles. The van der Waals surface area contributed by atoms with Gasteiger partial charge in [0.2, 0.25) is 0 Å². The minimum atomic E-state index is 0.247. The highest BCUT2D eigenvalue weighted by Gasteiger charge is 2.18. The van der Waals surface area contributed by atoms with Crippen LogP contribution in [-0.2, 0) is 6.42 Å². The molecule has 0 aromatic heterocycles. The summed E-state index contributed by atoms with van der Waals surface area (Å²) < 4.78 is 0. The van der Waals surface area contributed by atoms with Crippen molar-refractivity contribution in [2.24, 2.45) is 0 Å². The quantitative estimate of drug-likeness (QED) is 0.745. The zero-order valence-electron chi connectivity index (χ0n) is 12.8. The maximum atomic E-state index is 12.3. The molecule has 1 aliphatic heterocycles. The molecule has 0 unspecified atom stereocenters. The van der Waals surface area contributed by atoms with Gasteiger partial charge in [0.15, 0.2) is 5.78 Å². The number of rotatable bonds is 6. The summed E-state index contributed by atoms with van der Waals surface area (Å²) in [5, 5.41) is 0.